The van der Waals surface area contributed by atoms with Crippen molar-refractivity contribution in [1.29, 1.82) is 0 Å². The largest absolute Gasteiger partial charge is 0.478 e. The maximum absolute atomic E-state index is 10.7. The molecule has 1 aromatic rings. The van der Waals surface area contributed by atoms with Crippen LogP contribution in [-0.4, -0.2) is 36.2 Å². The van der Waals surface area contributed by atoms with Gasteiger partial charge in [-0.15, -0.1) is 0 Å². The minimum atomic E-state index is -1.14. The van der Waals surface area contributed by atoms with Crippen LogP contribution < -0.4 is 0 Å². The molecule has 0 heterocycles. The molecule has 0 fully saturated rings. The third-order valence-corrected chi connectivity index (χ3v) is 2.88. The van der Waals surface area contributed by atoms with Crippen LogP contribution in [0.2, 0.25) is 0 Å². The van der Waals surface area contributed by atoms with Gasteiger partial charge in [0.1, 0.15) is 0 Å². The molecule has 6 heteroatoms. The standard InChI is InChI=1S/C8H8.C7H10O4.C7H12O2/c1-2-8-6-4-3-5-7-8;1-3-11-7(10)5(2)4-6(8)9;1-3-5-6-9-7(8)4-2/h2-7H,1H2;4H,3H2,1-2H3,(H,8,9);4H,2-3,5-6H2,1H3. The van der Waals surface area contributed by atoms with Gasteiger partial charge in [-0.25, -0.2) is 14.4 Å². The zero-order valence-electron chi connectivity index (χ0n) is 16.8. The first kappa shape index (κ1) is 27.1. The smallest absolute Gasteiger partial charge is 0.333 e. The molecule has 0 aliphatic carbocycles. The van der Waals surface area contributed by atoms with Crippen LogP contribution in [-0.2, 0) is 23.9 Å². The van der Waals surface area contributed by atoms with E-state index in [1.54, 1.807) is 6.92 Å². The molecule has 154 valence electrons. The number of aliphatic carboxylic acids is 1. The zero-order chi connectivity index (χ0) is 21.8. The SMILES string of the molecule is C=CC(=O)OCCCC.C=Cc1ccccc1.CCOC(=O)C(C)=CC(=O)O. The van der Waals surface area contributed by atoms with Crippen molar-refractivity contribution in [3.8, 4) is 0 Å². The summed E-state index contributed by atoms with van der Waals surface area (Å²) in [7, 11) is 0. The third-order valence-electron chi connectivity index (χ3n) is 2.88. The maximum Gasteiger partial charge on any atom is 0.333 e. The van der Waals surface area contributed by atoms with E-state index in [-0.39, 0.29) is 18.1 Å². The molecule has 0 radical (unpaired) electrons. The van der Waals surface area contributed by atoms with Gasteiger partial charge in [0.05, 0.1) is 13.2 Å². The molecule has 1 rings (SSSR count). The number of unbranched alkanes of at least 4 members (excludes halogenated alkanes) is 1. The quantitative estimate of drug-likeness (QED) is 0.401. The summed E-state index contributed by atoms with van der Waals surface area (Å²) in [5.74, 6) is -2.06. The van der Waals surface area contributed by atoms with Crippen LogP contribution in [0.3, 0.4) is 0 Å². The number of benzene rings is 1. The first-order valence-electron chi connectivity index (χ1n) is 8.87. The fraction of sp³-hybridized carbons (Fsp3) is 0.318. The van der Waals surface area contributed by atoms with E-state index in [0.29, 0.717) is 6.61 Å². The monoisotopic (exact) mass is 390 g/mol. The molecule has 28 heavy (non-hydrogen) atoms. The molecule has 0 aromatic heterocycles. The highest BCUT2D eigenvalue weighted by Crippen LogP contribution is 1.97. The van der Waals surface area contributed by atoms with Gasteiger partial charge in [-0.3, -0.25) is 0 Å². The van der Waals surface area contributed by atoms with E-state index in [0.717, 1.165) is 18.9 Å². The van der Waals surface area contributed by atoms with Crippen molar-refractivity contribution in [3.05, 3.63) is 66.8 Å². The van der Waals surface area contributed by atoms with Crippen molar-refractivity contribution in [2.75, 3.05) is 13.2 Å². The first-order valence-corrected chi connectivity index (χ1v) is 8.87. The molecular weight excluding hydrogens is 360 g/mol. The minimum absolute atomic E-state index is 0.0966. The summed E-state index contributed by atoms with van der Waals surface area (Å²) in [6.07, 6.45) is 5.80. The van der Waals surface area contributed by atoms with Gasteiger partial charge in [0, 0.05) is 17.7 Å². The van der Waals surface area contributed by atoms with Gasteiger partial charge in [-0.05, 0) is 25.8 Å². The Morgan fingerprint density at radius 1 is 1.07 bits per heavy atom. The van der Waals surface area contributed by atoms with Crippen LogP contribution in [0.15, 0.2) is 61.2 Å². The average molecular weight is 390 g/mol. The summed E-state index contributed by atoms with van der Waals surface area (Å²) in [5, 5.41) is 8.22. The topological polar surface area (TPSA) is 89.9 Å². The van der Waals surface area contributed by atoms with Crippen LogP contribution in [0.25, 0.3) is 6.08 Å². The second kappa shape index (κ2) is 18.6. The molecule has 0 unspecified atom stereocenters. The van der Waals surface area contributed by atoms with E-state index in [2.05, 4.69) is 22.6 Å². The number of carbonyl (C=O) groups is 3. The molecule has 0 aliphatic rings. The summed E-state index contributed by atoms with van der Waals surface area (Å²) in [4.78, 5) is 31.1. The van der Waals surface area contributed by atoms with Gasteiger partial charge in [0.15, 0.2) is 0 Å². The number of esters is 2. The highest BCUT2D eigenvalue weighted by Gasteiger charge is 2.05. The molecule has 6 nitrogen and oxygen atoms in total. The second-order valence-electron chi connectivity index (χ2n) is 5.23. The van der Waals surface area contributed by atoms with Gasteiger partial charge in [0.2, 0.25) is 0 Å². The molecule has 1 N–H and O–H groups in total. The lowest BCUT2D eigenvalue weighted by Gasteiger charge is -1.98. The lowest BCUT2D eigenvalue weighted by molar-refractivity contribution is -0.139. The molecule has 1 aromatic carbocycles. The summed E-state index contributed by atoms with van der Waals surface area (Å²) < 4.78 is 9.21. The Hall–Kier alpha value is -3.15. The summed E-state index contributed by atoms with van der Waals surface area (Å²) in [6.45, 7) is 12.8. The highest BCUT2D eigenvalue weighted by molar-refractivity contribution is 5.95. The Labute approximate surface area is 167 Å². The van der Waals surface area contributed by atoms with Crippen LogP contribution >= 0.6 is 0 Å². The highest BCUT2D eigenvalue weighted by atomic mass is 16.5. The van der Waals surface area contributed by atoms with E-state index in [9.17, 15) is 14.4 Å². The normalized spacial score (nSPS) is 9.46. The Morgan fingerprint density at radius 3 is 2.07 bits per heavy atom. The number of rotatable bonds is 8. The molecule has 0 amide bonds. The minimum Gasteiger partial charge on any atom is -0.478 e. The van der Waals surface area contributed by atoms with Crippen molar-refractivity contribution in [2.24, 2.45) is 0 Å². The number of hydrogen-bond donors (Lipinski definition) is 1. The van der Waals surface area contributed by atoms with E-state index in [1.165, 1.54) is 18.6 Å². The number of ether oxygens (including phenoxy) is 2. The Kier molecular flexibility index (Phi) is 18.0. The van der Waals surface area contributed by atoms with Crippen LogP contribution in [0.4, 0.5) is 0 Å². The van der Waals surface area contributed by atoms with Crippen LogP contribution in [0.5, 0.6) is 0 Å². The molecule has 0 spiro atoms. The molecule has 0 atom stereocenters. The lowest BCUT2D eigenvalue weighted by atomic mass is 10.2. The zero-order valence-corrected chi connectivity index (χ0v) is 16.8. The second-order valence-corrected chi connectivity index (χ2v) is 5.23. The fourth-order valence-electron chi connectivity index (χ4n) is 1.45. The Bertz CT molecular complexity index is 632. The molecular formula is C22H30O6. The fourth-order valence-corrected chi connectivity index (χ4v) is 1.45. The van der Waals surface area contributed by atoms with Crippen LogP contribution in [0, 0.1) is 0 Å². The lowest BCUT2D eigenvalue weighted by Crippen LogP contribution is -2.06. The van der Waals surface area contributed by atoms with Gasteiger partial charge in [-0.2, -0.15) is 0 Å². The van der Waals surface area contributed by atoms with Gasteiger partial charge in [-0.1, -0.05) is 62.9 Å². The predicted octanol–water partition coefficient (Wildman–Crippen LogP) is 4.43. The van der Waals surface area contributed by atoms with Crippen molar-refractivity contribution >= 4 is 24.0 Å². The third kappa shape index (κ3) is 17.7. The average Bonchev–Trinajstić information content (AvgIpc) is 2.69. The first-order chi connectivity index (χ1) is 13.3. The summed E-state index contributed by atoms with van der Waals surface area (Å²) >= 11 is 0. The molecule has 0 aliphatic heterocycles. The van der Waals surface area contributed by atoms with Gasteiger partial charge in [0.25, 0.3) is 0 Å². The van der Waals surface area contributed by atoms with Gasteiger partial charge >= 0.3 is 17.9 Å². The van der Waals surface area contributed by atoms with E-state index in [4.69, 9.17) is 5.11 Å². The Balaban J connectivity index is 0. The van der Waals surface area contributed by atoms with E-state index in [1.807, 2.05) is 43.3 Å². The van der Waals surface area contributed by atoms with Crippen molar-refractivity contribution in [1.82, 2.24) is 0 Å². The summed E-state index contributed by atoms with van der Waals surface area (Å²) in [6, 6.07) is 10.0. The van der Waals surface area contributed by atoms with Gasteiger partial charge < -0.3 is 14.6 Å². The van der Waals surface area contributed by atoms with E-state index >= 15 is 0 Å². The van der Waals surface area contributed by atoms with Crippen molar-refractivity contribution in [3.63, 3.8) is 0 Å². The predicted molar refractivity (Wildman–Crippen MR) is 111 cm³/mol. The van der Waals surface area contributed by atoms with E-state index < -0.39 is 11.9 Å². The van der Waals surface area contributed by atoms with Crippen molar-refractivity contribution in [2.45, 2.75) is 33.6 Å². The molecule has 0 saturated heterocycles. The molecule has 0 saturated carbocycles. The van der Waals surface area contributed by atoms with Crippen molar-refractivity contribution < 1.29 is 29.0 Å². The summed E-state index contributed by atoms with van der Waals surface area (Å²) in [5.41, 5.74) is 1.27. The maximum atomic E-state index is 10.7. The Morgan fingerprint density at radius 2 is 1.68 bits per heavy atom. The molecule has 0 bridgehead atoms. The number of carboxylic acids is 1. The number of carbonyl (C=O) groups excluding carboxylic acids is 2. The number of carboxylic acid groups (broad SMARTS) is 1. The van der Waals surface area contributed by atoms with Crippen LogP contribution in [0.1, 0.15) is 39.2 Å². The number of hydrogen-bond acceptors (Lipinski definition) is 5.